The summed E-state index contributed by atoms with van der Waals surface area (Å²) in [7, 11) is 0. The maximum absolute atomic E-state index is 13.5. The van der Waals surface area contributed by atoms with Crippen molar-refractivity contribution in [2.75, 3.05) is 11.1 Å². The zero-order valence-corrected chi connectivity index (χ0v) is 9.90. The van der Waals surface area contributed by atoms with Crippen molar-refractivity contribution in [3.63, 3.8) is 0 Å². The van der Waals surface area contributed by atoms with E-state index in [-0.39, 0.29) is 16.9 Å². The Morgan fingerprint density at radius 3 is 2.05 bits per heavy atom. The lowest BCUT2D eigenvalue weighted by Crippen LogP contribution is -2.03. The van der Waals surface area contributed by atoms with Crippen LogP contribution in [0.3, 0.4) is 0 Å². The van der Waals surface area contributed by atoms with Gasteiger partial charge in [-0.1, -0.05) is 0 Å². The van der Waals surface area contributed by atoms with Gasteiger partial charge in [-0.05, 0) is 24.6 Å². The summed E-state index contributed by atoms with van der Waals surface area (Å²) in [5.41, 5.74) is 5.40. The first-order valence-corrected chi connectivity index (χ1v) is 5.35. The van der Waals surface area contributed by atoms with Crippen LogP contribution in [0, 0.1) is 30.2 Å². The second kappa shape index (κ2) is 4.79. The maximum atomic E-state index is 13.5. The van der Waals surface area contributed by atoms with Gasteiger partial charge in [0.25, 0.3) is 0 Å². The van der Waals surface area contributed by atoms with Crippen molar-refractivity contribution in [3.8, 4) is 0 Å². The minimum Gasteiger partial charge on any atom is -0.397 e. The Morgan fingerprint density at radius 1 is 0.895 bits per heavy atom. The van der Waals surface area contributed by atoms with Crippen molar-refractivity contribution < 1.29 is 17.6 Å². The maximum Gasteiger partial charge on any atom is 0.152 e. The van der Waals surface area contributed by atoms with E-state index in [1.807, 2.05) is 0 Å². The molecule has 0 radical (unpaired) electrons. The first-order chi connectivity index (χ1) is 8.88. The van der Waals surface area contributed by atoms with Gasteiger partial charge in [-0.15, -0.1) is 0 Å². The molecule has 0 aliphatic rings. The quantitative estimate of drug-likeness (QED) is 0.642. The van der Waals surface area contributed by atoms with Gasteiger partial charge in [0.15, 0.2) is 11.6 Å². The molecule has 0 aliphatic carbocycles. The lowest BCUT2D eigenvalue weighted by molar-refractivity contribution is 0.549. The molecule has 2 rings (SSSR count). The van der Waals surface area contributed by atoms with E-state index in [0.29, 0.717) is 12.1 Å². The number of nitrogens with two attached hydrogens (primary N) is 1. The molecule has 0 spiro atoms. The van der Waals surface area contributed by atoms with E-state index >= 15 is 0 Å². The fourth-order valence-corrected chi connectivity index (χ4v) is 1.60. The van der Waals surface area contributed by atoms with E-state index < -0.39 is 29.0 Å². The van der Waals surface area contributed by atoms with E-state index in [1.165, 1.54) is 13.0 Å². The Hall–Kier alpha value is -2.24. The van der Waals surface area contributed by atoms with Crippen molar-refractivity contribution in [1.29, 1.82) is 0 Å². The van der Waals surface area contributed by atoms with E-state index in [0.717, 1.165) is 6.07 Å². The minimum absolute atomic E-state index is 0.00812. The molecule has 2 aromatic carbocycles. The van der Waals surface area contributed by atoms with Crippen LogP contribution in [0.2, 0.25) is 0 Å². The zero-order valence-electron chi connectivity index (χ0n) is 9.90. The van der Waals surface area contributed by atoms with Gasteiger partial charge in [-0.3, -0.25) is 0 Å². The van der Waals surface area contributed by atoms with Gasteiger partial charge in [-0.25, -0.2) is 17.6 Å². The molecule has 0 fully saturated rings. The molecule has 0 aromatic heterocycles. The van der Waals surface area contributed by atoms with Gasteiger partial charge in [0.2, 0.25) is 0 Å². The summed E-state index contributed by atoms with van der Waals surface area (Å²) < 4.78 is 52.9. The predicted molar refractivity (Wildman–Crippen MR) is 65.1 cm³/mol. The Balaban J connectivity index is 2.45. The van der Waals surface area contributed by atoms with E-state index in [4.69, 9.17) is 5.73 Å². The molecule has 0 atom stereocenters. The lowest BCUT2D eigenvalue weighted by Gasteiger charge is -2.12. The van der Waals surface area contributed by atoms with Crippen LogP contribution in [0.15, 0.2) is 24.3 Å². The van der Waals surface area contributed by atoms with Gasteiger partial charge in [-0.2, -0.15) is 0 Å². The van der Waals surface area contributed by atoms with Crippen LogP contribution in [0.25, 0.3) is 0 Å². The third-order valence-corrected chi connectivity index (χ3v) is 2.60. The summed E-state index contributed by atoms with van der Waals surface area (Å²) in [6.07, 6.45) is 0. The Kier molecular flexibility index (Phi) is 3.33. The summed E-state index contributed by atoms with van der Waals surface area (Å²) in [6, 6.07) is 3.43. The number of nitrogens with one attached hydrogen (secondary N) is 1. The highest BCUT2D eigenvalue weighted by Crippen LogP contribution is 2.29. The third-order valence-electron chi connectivity index (χ3n) is 2.60. The first kappa shape index (κ1) is 13.2. The number of hydrogen-bond acceptors (Lipinski definition) is 2. The van der Waals surface area contributed by atoms with Crippen molar-refractivity contribution in [3.05, 3.63) is 53.1 Å². The largest absolute Gasteiger partial charge is 0.397 e. The van der Waals surface area contributed by atoms with Crippen LogP contribution in [0.1, 0.15) is 5.56 Å². The molecular formula is C13H10F4N2. The number of halogens is 4. The standard InChI is InChI=1S/C13H10F4N2/c1-6-2-12(11(18)5-8(6)15)19-13-9(16)3-7(14)4-10(13)17/h2-5,19H,18H2,1H3. The average Bonchev–Trinajstić information content (AvgIpc) is 2.29. The molecule has 0 saturated heterocycles. The average molecular weight is 270 g/mol. The molecule has 2 nitrogen and oxygen atoms in total. The summed E-state index contributed by atoms with van der Waals surface area (Å²) in [6.45, 7) is 1.48. The van der Waals surface area contributed by atoms with Crippen LogP contribution in [-0.2, 0) is 0 Å². The fraction of sp³-hybridized carbons (Fsp3) is 0.0769. The van der Waals surface area contributed by atoms with Crippen molar-refractivity contribution >= 4 is 17.1 Å². The molecule has 100 valence electrons. The van der Waals surface area contributed by atoms with E-state index in [1.54, 1.807) is 0 Å². The van der Waals surface area contributed by atoms with Gasteiger partial charge >= 0.3 is 0 Å². The Morgan fingerprint density at radius 2 is 1.47 bits per heavy atom. The summed E-state index contributed by atoms with van der Waals surface area (Å²) in [5, 5.41) is 2.40. The number of anilines is 3. The van der Waals surface area contributed by atoms with Gasteiger partial charge in [0, 0.05) is 12.1 Å². The number of rotatable bonds is 2. The highest BCUT2D eigenvalue weighted by Gasteiger charge is 2.13. The summed E-state index contributed by atoms with van der Waals surface area (Å²) in [5.74, 6) is -3.75. The molecule has 0 aliphatic heterocycles. The van der Waals surface area contributed by atoms with Crippen LogP contribution in [0.4, 0.5) is 34.6 Å². The highest BCUT2D eigenvalue weighted by atomic mass is 19.1. The Bertz CT molecular complexity index is 618. The second-order valence-electron chi connectivity index (χ2n) is 4.06. The molecule has 0 heterocycles. The van der Waals surface area contributed by atoms with Gasteiger partial charge in [0.1, 0.15) is 17.3 Å². The van der Waals surface area contributed by atoms with Crippen LogP contribution in [-0.4, -0.2) is 0 Å². The highest BCUT2D eigenvalue weighted by molar-refractivity contribution is 5.73. The smallest absolute Gasteiger partial charge is 0.152 e. The van der Waals surface area contributed by atoms with Crippen molar-refractivity contribution in [1.82, 2.24) is 0 Å². The predicted octanol–water partition coefficient (Wildman–Crippen LogP) is 3.88. The first-order valence-electron chi connectivity index (χ1n) is 5.35. The van der Waals surface area contributed by atoms with Crippen molar-refractivity contribution in [2.45, 2.75) is 6.92 Å². The molecular weight excluding hydrogens is 260 g/mol. The molecule has 0 unspecified atom stereocenters. The fourth-order valence-electron chi connectivity index (χ4n) is 1.60. The zero-order chi connectivity index (χ0) is 14.2. The monoisotopic (exact) mass is 270 g/mol. The summed E-state index contributed by atoms with van der Waals surface area (Å²) in [4.78, 5) is 0. The summed E-state index contributed by atoms with van der Waals surface area (Å²) >= 11 is 0. The molecule has 6 heteroatoms. The second-order valence-corrected chi connectivity index (χ2v) is 4.06. The number of benzene rings is 2. The molecule has 0 amide bonds. The molecule has 2 aromatic rings. The topological polar surface area (TPSA) is 38.0 Å². The van der Waals surface area contributed by atoms with Crippen molar-refractivity contribution in [2.24, 2.45) is 0 Å². The molecule has 19 heavy (non-hydrogen) atoms. The Labute approximate surface area is 106 Å². The third kappa shape index (κ3) is 2.62. The van der Waals surface area contributed by atoms with E-state index in [2.05, 4.69) is 5.32 Å². The van der Waals surface area contributed by atoms with Crippen LogP contribution >= 0.6 is 0 Å². The van der Waals surface area contributed by atoms with Crippen LogP contribution in [0.5, 0.6) is 0 Å². The number of nitrogen functional groups attached to an aromatic ring is 1. The lowest BCUT2D eigenvalue weighted by atomic mass is 10.1. The van der Waals surface area contributed by atoms with Gasteiger partial charge in [0.05, 0.1) is 11.4 Å². The van der Waals surface area contributed by atoms with Gasteiger partial charge < -0.3 is 11.1 Å². The molecule has 0 bridgehead atoms. The normalized spacial score (nSPS) is 10.6. The number of aryl methyl sites for hydroxylation is 1. The van der Waals surface area contributed by atoms with E-state index in [9.17, 15) is 17.6 Å². The number of hydrogen-bond donors (Lipinski definition) is 2. The molecule has 0 saturated carbocycles. The SMILES string of the molecule is Cc1cc(Nc2c(F)cc(F)cc2F)c(N)cc1F. The molecule has 3 N–H and O–H groups in total. The van der Waals surface area contributed by atoms with Crippen LogP contribution < -0.4 is 11.1 Å². The minimum atomic E-state index is -1.10.